The lowest BCUT2D eigenvalue weighted by Gasteiger charge is -2.20. The summed E-state index contributed by atoms with van der Waals surface area (Å²) in [6, 6.07) is 6.28. The highest BCUT2D eigenvalue weighted by Crippen LogP contribution is 2.37. The summed E-state index contributed by atoms with van der Waals surface area (Å²) in [5.74, 6) is 1.71. The number of aromatic amines is 1. The number of aromatic nitrogens is 3. The van der Waals surface area contributed by atoms with Gasteiger partial charge < -0.3 is 10.1 Å². The molecule has 6 heteroatoms. The Kier molecular flexibility index (Phi) is 5.64. The molecule has 0 fully saturated rings. The molecule has 114 valence electrons. The normalized spacial score (nSPS) is 12.4. The van der Waals surface area contributed by atoms with Crippen molar-refractivity contribution in [2.75, 3.05) is 13.7 Å². The van der Waals surface area contributed by atoms with E-state index in [2.05, 4.69) is 40.4 Å². The van der Waals surface area contributed by atoms with Gasteiger partial charge in [-0.15, -0.1) is 5.10 Å². The molecule has 0 radical (unpaired) electrons. The average Bonchev–Trinajstić information content (AvgIpc) is 2.89. The predicted octanol–water partition coefficient (Wildman–Crippen LogP) is 3.33. The Morgan fingerprint density at radius 2 is 2.24 bits per heavy atom. The van der Waals surface area contributed by atoms with Gasteiger partial charge in [-0.05, 0) is 50.7 Å². The van der Waals surface area contributed by atoms with Crippen LogP contribution in [0.1, 0.15) is 37.7 Å². The fraction of sp³-hybridized carbons (Fsp3) is 0.467. The van der Waals surface area contributed by atoms with E-state index in [0.717, 1.165) is 40.2 Å². The summed E-state index contributed by atoms with van der Waals surface area (Å²) in [5.41, 5.74) is 1.15. The lowest BCUT2D eigenvalue weighted by molar-refractivity contribution is 0.399. The van der Waals surface area contributed by atoms with E-state index in [0.29, 0.717) is 0 Å². The molecular weight excluding hydrogens is 284 g/mol. The maximum absolute atomic E-state index is 5.53. The van der Waals surface area contributed by atoms with Gasteiger partial charge in [0, 0.05) is 16.5 Å². The Morgan fingerprint density at radius 3 is 2.86 bits per heavy atom. The van der Waals surface area contributed by atoms with Crippen LogP contribution in [0.3, 0.4) is 0 Å². The second kappa shape index (κ2) is 7.47. The molecule has 0 saturated heterocycles. The third-order valence-corrected chi connectivity index (χ3v) is 4.10. The van der Waals surface area contributed by atoms with E-state index < -0.39 is 0 Å². The van der Waals surface area contributed by atoms with Crippen molar-refractivity contribution in [1.82, 2.24) is 20.5 Å². The molecule has 0 aliphatic rings. The number of aryl methyl sites for hydroxylation is 1. The van der Waals surface area contributed by atoms with Gasteiger partial charge in [0.2, 0.25) is 5.16 Å². The first-order valence-corrected chi connectivity index (χ1v) is 7.94. The Balaban J connectivity index is 2.30. The number of methoxy groups -OCH3 is 1. The molecule has 2 aromatic rings. The Labute approximate surface area is 129 Å². The van der Waals surface area contributed by atoms with Crippen LogP contribution in [0.25, 0.3) is 0 Å². The maximum atomic E-state index is 5.53. The van der Waals surface area contributed by atoms with E-state index >= 15 is 0 Å². The third-order valence-electron chi connectivity index (χ3n) is 3.16. The molecule has 1 aromatic carbocycles. The van der Waals surface area contributed by atoms with Gasteiger partial charge >= 0.3 is 0 Å². The zero-order valence-corrected chi connectivity index (χ0v) is 13.8. The maximum Gasteiger partial charge on any atom is 0.213 e. The van der Waals surface area contributed by atoms with Gasteiger partial charge in [-0.2, -0.15) is 0 Å². The molecule has 2 rings (SSSR count). The fourth-order valence-corrected chi connectivity index (χ4v) is 3.15. The van der Waals surface area contributed by atoms with Crippen molar-refractivity contribution in [2.24, 2.45) is 0 Å². The number of rotatable bonds is 7. The molecule has 0 saturated carbocycles. The van der Waals surface area contributed by atoms with Crippen LogP contribution >= 0.6 is 11.8 Å². The van der Waals surface area contributed by atoms with E-state index in [1.807, 2.05) is 19.1 Å². The van der Waals surface area contributed by atoms with Crippen LogP contribution in [-0.2, 0) is 0 Å². The van der Waals surface area contributed by atoms with E-state index in [4.69, 9.17) is 4.74 Å². The number of ether oxygens (including phenoxy) is 1. The molecule has 21 heavy (non-hydrogen) atoms. The first kappa shape index (κ1) is 15.9. The van der Waals surface area contributed by atoms with Crippen LogP contribution in [0, 0.1) is 6.92 Å². The molecular formula is C15H22N4OS. The lowest BCUT2D eigenvalue weighted by atomic mass is 10.1. The van der Waals surface area contributed by atoms with Crippen LogP contribution in [0.15, 0.2) is 28.3 Å². The highest BCUT2D eigenvalue weighted by Gasteiger charge is 2.17. The van der Waals surface area contributed by atoms with E-state index in [1.54, 1.807) is 18.9 Å². The van der Waals surface area contributed by atoms with Gasteiger partial charge in [-0.3, -0.25) is 5.10 Å². The zero-order chi connectivity index (χ0) is 15.2. The van der Waals surface area contributed by atoms with Gasteiger partial charge in [0.1, 0.15) is 11.6 Å². The molecule has 0 spiro atoms. The summed E-state index contributed by atoms with van der Waals surface area (Å²) in [6.07, 6.45) is 1.10. The summed E-state index contributed by atoms with van der Waals surface area (Å²) in [7, 11) is 1.71. The smallest absolute Gasteiger partial charge is 0.213 e. The minimum Gasteiger partial charge on any atom is -0.496 e. The van der Waals surface area contributed by atoms with Crippen molar-refractivity contribution in [1.29, 1.82) is 0 Å². The second-order valence-corrected chi connectivity index (χ2v) is 5.86. The van der Waals surface area contributed by atoms with Crippen LogP contribution in [0.2, 0.25) is 0 Å². The number of H-pyrrole nitrogens is 1. The molecule has 1 aromatic heterocycles. The van der Waals surface area contributed by atoms with Gasteiger partial charge in [-0.25, -0.2) is 4.98 Å². The Hall–Kier alpha value is -1.53. The quantitative estimate of drug-likeness (QED) is 0.821. The summed E-state index contributed by atoms with van der Waals surface area (Å²) in [5, 5.41) is 11.3. The summed E-state index contributed by atoms with van der Waals surface area (Å²) in [6.45, 7) is 7.19. The number of nitrogens with zero attached hydrogens (tertiary/aromatic N) is 2. The molecule has 0 aliphatic carbocycles. The van der Waals surface area contributed by atoms with Gasteiger partial charge in [0.05, 0.1) is 7.11 Å². The van der Waals surface area contributed by atoms with E-state index in [9.17, 15) is 0 Å². The minimum atomic E-state index is 0.212. The first-order chi connectivity index (χ1) is 10.2. The van der Waals surface area contributed by atoms with Crippen molar-refractivity contribution in [2.45, 2.75) is 43.3 Å². The highest BCUT2D eigenvalue weighted by molar-refractivity contribution is 7.99. The van der Waals surface area contributed by atoms with Crippen LogP contribution in [-0.4, -0.2) is 28.8 Å². The number of hydrogen-bond acceptors (Lipinski definition) is 5. The Bertz CT molecular complexity index is 585. The minimum absolute atomic E-state index is 0.212. The SMILES string of the molecule is CCCNC(C)c1c(OC)cccc1Sc1n[nH]c(C)n1. The van der Waals surface area contributed by atoms with Crippen molar-refractivity contribution >= 4 is 11.8 Å². The standard InChI is InChI=1S/C15H22N4OS/c1-5-9-16-10(2)14-12(20-4)7-6-8-13(14)21-15-17-11(3)18-19-15/h6-8,10,16H,5,9H2,1-4H3,(H,17,18,19). The van der Waals surface area contributed by atoms with Crippen LogP contribution < -0.4 is 10.1 Å². The van der Waals surface area contributed by atoms with Gasteiger partial charge in [-0.1, -0.05) is 13.0 Å². The monoisotopic (exact) mass is 306 g/mol. The summed E-state index contributed by atoms with van der Waals surface area (Å²) < 4.78 is 5.53. The van der Waals surface area contributed by atoms with Crippen molar-refractivity contribution in [3.05, 3.63) is 29.6 Å². The lowest BCUT2D eigenvalue weighted by Crippen LogP contribution is -2.20. The largest absolute Gasteiger partial charge is 0.496 e. The molecule has 5 nitrogen and oxygen atoms in total. The van der Waals surface area contributed by atoms with Crippen molar-refractivity contribution < 1.29 is 4.74 Å². The third kappa shape index (κ3) is 3.98. The molecule has 1 unspecified atom stereocenters. The van der Waals surface area contributed by atoms with Gasteiger partial charge in [0.25, 0.3) is 0 Å². The van der Waals surface area contributed by atoms with Crippen LogP contribution in [0.4, 0.5) is 0 Å². The molecule has 2 N–H and O–H groups in total. The number of hydrogen-bond donors (Lipinski definition) is 2. The second-order valence-electron chi connectivity index (χ2n) is 4.85. The van der Waals surface area contributed by atoms with Crippen molar-refractivity contribution in [3.8, 4) is 5.75 Å². The van der Waals surface area contributed by atoms with E-state index in [-0.39, 0.29) is 6.04 Å². The number of nitrogens with one attached hydrogen (secondary N) is 2. The molecule has 1 atom stereocenters. The first-order valence-electron chi connectivity index (χ1n) is 7.12. The summed E-state index contributed by atoms with van der Waals surface area (Å²) in [4.78, 5) is 5.47. The predicted molar refractivity (Wildman–Crippen MR) is 84.9 cm³/mol. The molecule has 0 aliphatic heterocycles. The van der Waals surface area contributed by atoms with Crippen molar-refractivity contribution in [3.63, 3.8) is 0 Å². The Morgan fingerprint density at radius 1 is 1.43 bits per heavy atom. The molecule has 0 amide bonds. The van der Waals surface area contributed by atoms with Crippen LogP contribution in [0.5, 0.6) is 5.75 Å². The van der Waals surface area contributed by atoms with Gasteiger partial charge in [0.15, 0.2) is 0 Å². The fourth-order valence-electron chi connectivity index (χ4n) is 2.15. The molecule has 1 heterocycles. The average molecular weight is 306 g/mol. The number of benzene rings is 1. The summed E-state index contributed by atoms with van der Waals surface area (Å²) >= 11 is 1.55. The highest BCUT2D eigenvalue weighted by atomic mass is 32.2. The van der Waals surface area contributed by atoms with E-state index in [1.165, 1.54) is 0 Å². The zero-order valence-electron chi connectivity index (χ0n) is 12.9. The molecule has 0 bridgehead atoms. The topological polar surface area (TPSA) is 62.8 Å².